The van der Waals surface area contributed by atoms with Crippen LogP contribution in [0.1, 0.15) is 36.2 Å². The third-order valence-electron chi connectivity index (χ3n) is 4.03. The van der Waals surface area contributed by atoms with Crippen molar-refractivity contribution >= 4 is 39.7 Å². The van der Waals surface area contributed by atoms with Crippen LogP contribution in [-0.2, 0) is 4.79 Å². The highest BCUT2D eigenvalue weighted by molar-refractivity contribution is 7.18. The quantitative estimate of drug-likeness (QED) is 0.517. The molecule has 0 aliphatic rings. The van der Waals surface area contributed by atoms with Gasteiger partial charge in [-0.1, -0.05) is 11.3 Å². The fourth-order valence-corrected chi connectivity index (χ4v) is 3.62. The second-order valence-corrected chi connectivity index (χ2v) is 7.64. The van der Waals surface area contributed by atoms with Gasteiger partial charge in [0.1, 0.15) is 22.6 Å². The average molecular weight is 433 g/mol. The van der Waals surface area contributed by atoms with Crippen LogP contribution < -0.4 is 21.1 Å². The number of hydrogen-bond donors (Lipinski definition) is 2. The van der Waals surface area contributed by atoms with Gasteiger partial charge in [-0.25, -0.2) is 9.37 Å². The smallest absolute Gasteiger partial charge is 0.255 e. The molecule has 1 aromatic carbocycles. The first-order chi connectivity index (χ1) is 14.2. The van der Waals surface area contributed by atoms with Crippen molar-refractivity contribution in [1.29, 1.82) is 0 Å². The summed E-state index contributed by atoms with van der Waals surface area (Å²) in [5.74, 6) is -1.55. The van der Waals surface area contributed by atoms with E-state index in [4.69, 9.17) is 20.7 Å². The Hall–Kier alpha value is -3.47. The van der Waals surface area contributed by atoms with Gasteiger partial charge in [-0.2, -0.15) is 0 Å². The minimum absolute atomic E-state index is 0.0495. The summed E-state index contributed by atoms with van der Waals surface area (Å²) >= 11 is 0.949. The van der Waals surface area contributed by atoms with Gasteiger partial charge >= 0.3 is 0 Å². The maximum atomic E-state index is 13.3. The molecule has 30 heavy (non-hydrogen) atoms. The number of amides is 1. The van der Waals surface area contributed by atoms with E-state index in [1.54, 1.807) is 6.92 Å². The fourth-order valence-electron chi connectivity index (χ4n) is 2.59. The molecule has 9 nitrogen and oxygen atoms in total. The summed E-state index contributed by atoms with van der Waals surface area (Å²) in [6, 6.07) is 5.96. The monoisotopic (exact) mass is 433 g/mol. The zero-order chi connectivity index (χ0) is 22.0. The van der Waals surface area contributed by atoms with E-state index in [1.807, 2.05) is 13.8 Å². The molecule has 0 spiro atoms. The lowest BCUT2D eigenvalue weighted by Gasteiger charge is -2.26. The molecule has 158 valence electrons. The third-order valence-corrected chi connectivity index (χ3v) is 5.10. The van der Waals surface area contributed by atoms with Crippen molar-refractivity contribution < 1.29 is 23.2 Å². The fraction of sp³-hybridized carbons (Fsp3) is 0.263. The minimum Gasteiger partial charge on any atom is -0.473 e. The number of benzene rings is 1. The van der Waals surface area contributed by atoms with E-state index in [9.17, 15) is 14.0 Å². The maximum Gasteiger partial charge on any atom is 0.255 e. The predicted octanol–water partition coefficient (Wildman–Crippen LogP) is 2.88. The summed E-state index contributed by atoms with van der Waals surface area (Å²) in [5, 5.41) is 3.94. The second-order valence-electron chi connectivity index (χ2n) is 6.66. The number of nitrogens with zero attached hydrogens (tertiary/aromatic N) is 3. The molecular weight excluding hydrogens is 413 g/mol. The molecule has 0 aliphatic carbocycles. The highest BCUT2D eigenvalue weighted by Gasteiger charge is 2.28. The molecule has 0 fully saturated rings. The number of halogens is 1. The zero-order valence-corrected chi connectivity index (χ0v) is 17.3. The van der Waals surface area contributed by atoms with Crippen molar-refractivity contribution in [2.75, 3.05) is 10.6 Å². The number of aromatic nitrogens is 2. The number of rotatable bonds is 8. The largest absolute Gasteiger partial charge is 0.473 e. The van der Waals surface area contributed by atoms with Crippen LogP contribution >= 0.6 is 11.3 Å². The summed E-state index contributed by atoms with van der Waals surface area (Å²) < 4.78 is 23.8. The van der Waals surface area contributed by atoms with Gasteiger partial charge in [0.15, 0.2) is 5.13 Å². The van der Waals surface area contributed by atoms with Gasteiger partial charge in [0.2, 0.25) is 17.5 Å². The van der Waals surface area contributed by atoms with Crippen LogP contribution in [0.3, 0.4) is 0 Å². The van der Waals surface area contributed by atoms with Crippen LogP contribution in [0.25, 0.3) is 0 Å². The SMILES string of the molecule is CC(C)Oc1cc(C(=O)c2sc(N(c3ccc(F)cc3)C(C)C(N)=O)nc2N)on1. The maximum absolute atomic E-state index is 13.3. The number of ether oxygens (including phenoxy) is 1. The number of primary amides is 1. The standard InChI is InChI=1S/C19H20FN5O4S/c1-9(2)28-14-8-13(29-24-14)15(26)16-17(21)23-19(30-16)25(10(3)18(22)27)12-6-4-11(20)5-7-12/h4-10H,21H2,1-3H3,(H2,22,27). The summed E-state index contributed by atoms with van der Waals surface area (Å²) in [7, 11) is 0. The minimum atomic E-state index is -0.833. The average Bonchev–Trinajstić information content (AvgIpc) is 3.29. The lowest BCUT2D eigenvalue weighted by Crippen LogP contribution is -2.39. The molecule has 0 saturated heterocycles. The van der Waals surface area contributed by atoms with Gasteiger partial charge in [-0.15, -0.1) is 0 Å². The molecular formula is C19H20FN5O4S. The van der Waals surface area contributed by atoms with E-state index < -0.39 is 23.5 Å². The lowest BCUT2D eigenvalue weighted by molar-refractivity contribution is -0.118. The number of carbonyl (C=O) groups is 2. The Balaban J connectivity index is 1.97. The highest BCUT2D eigenvalue weighted by Crippen LogP contribution is 2.36. The van der Waals surface area contributed by atoms with E-state index in [-0.39, 0.29) is 33.6 Å². The molecule has 2 heterocycles. The number of thiazole rings is 1. The Kier molecular flexibility index (Phi) is 6.01. The number of carbonyl (C=O) groups excluding carboxylic acids is 2. The zero-order valence-electron chi connectivity index (χ0n) is 16.5. The molecule has 2 aromatic heterocycles. The van der Waals surface area contributed by atoms with E-state index in [2.05, 4.69) is 10.1 Å². The van der Waals surface area contributed by atoms with E-state index in [0.717, 1.165) is 11.3 Å². The van der Waals surface area contributed by atoms with Crippen molar-refractivity contribution in [1.82, 2.24) is 10.1 Å². The van der Waals surface area contributed by atoms with Crippen molar-refractivity contribution in [2.24, 2.45) is 5.73 Å². The molecule has 0 radical (unpaired) electrons. The van der Waals surface area contributed by atoms with Gasteiger partial charge in [0.25, 0.3) is 5.88 Å². The van der Waals surface area contributed by atoms with Gasteiger partial charge < -0.3 is 25.6 Å². The van der Waals surface area contributed by atoms with Crippen LogP contribution in [0.5, 0.6) is 5.88 Å². The second kappa shape index (κ2) is 8.49. The van der Waals surface area contributed by atoms with Crippen LogP contribution in [-0.4, -0.2) is 34.0 Å². The predicted molar refractivity (Wildman–Crippen MR) is 109 cm³/mol. The van der Waals surface area contributed by atoms with Crippen LogP contribution in [0.4, 0.5) is 21.0 Å². The van der Waals surface area contributed by atoms with E-state index >= 15 is 0 Å². The molecule has 3 aromatic rings. The molecule has 11 heteroatoms. The Morgan fingerprint density at radius 3 is 2.50 bits per heavy atom. The van der Waals surface area contributed by atoms with Crippen LogP contribution in [0.15, 0.2) is 34.9 Å². The van der Waals surface area contributed by atoms with Crippen LogP contribution in [0.2, 0.25) is 0 Å². The summed E-state index contributed by atoms with van der Waals surface area (Å²) in [6.45, 7) is 5.19. The van der Waals surface area contributed by atoms with E-state index in [0.29, 0.717) is 5.69 Å². The first-order valence-corrected chi connectivity index (χ1v) is 9.77. The summed E-state index contributed by atoms with van der Waals surface area (Å²) in [6.07, 6.45) is -0.141. The van der Waals surface area contributed by atoms with Gasteiger partial charge in [-0.05, 0) is 50.2 Å². The van der Waals surface area contributed by atoms with Crippen molar-refractivity contribution in [2.45, 2.75) is 32.9 Å². The molecule has 0 aliphatic heterocycles. The molecule has 0 saturated carbocycles. The normalized spacial score (nSPS) is 12.0. The van der Waals surface area contributed by atoms with Crippen LogP contribution in [0, 0.1) is 5.82 Å². The molecule has 1 atom stereocenters. The van der Waals surface area contributed by atoms with Gasteiger partial charge in [0.05, 0.1) is 12.2 Å². The highest BCUT2D eigenvalue weighted by atomic mass is 32.1. The lowest BCUT2D eigenvalue weighted by atomic mass is 10.2. The first-order valence-electron chi connectivity index (χ1n) is 8.96. The number of nitrogen functional groups attached to an aromatic ring is 1. The summed E-state index contributed by atoms with van der Waals surface area (Å²) in [5.41, 5.74) is 11.9. The molecule has 3 rings (SSSR count). The molecule has 1 amide bonds. The van der Waals surface area contributed by atoms with Gasteiger partial charge in [0, 0.05) is 5.69 Å². The van der Waals surface area contributed by atoms with Gasteiger partial charge in [-0.3, -0.25) is 9.59 Å². The number of hydrogen-bond acceptors (Lipinski definition) is 9. The van der Waals surface area contributed by atoms with Crippen molar-refractivity contribution in [3.05, 3.63) is 46.8 Å². The molecule has 4 N–H and O–H groups in total. The van der Waals surface area contributed by atoms with E-state index in [1.165, 1.54) is 35.2 Å². The number of anilines is 3. The first kappa shape index (κ1) is 21.2. The van der Waals surface area contributed by atoms with Crippen molar-refractivity contribution in [3.63, 3.8) is 0 Å². The third kappa shape index (κ3) is 4.40. The molecule has 0 bridgehead atoms. The topological polar surface area (TPSA) is 138 Å². The molecule has 1 unspecified atom stereocenters. The Labute approximate surface area is 175 Å². The Bertz CT molecular complexity index is 1060. The Morgan fingerprint density at radius 1 is 1.23 bits per heavy atom. The Morgan fingerprint density at radius 2 is 1.90 bits per heavy atom. The van der Waals surface area contributed by atoms with Crippen molar-refractivity contribution in [3.8, 4) is 5.88 Å². The number of nitrogens with two attached hydrogens (primary N) is 2. The number of ketones is 1. The summed E-state index contributed by atoms with van der Waals surface area (Å²) in [4.78, 5) is 30.5.